The van der Waals surface area contributed by atoms with Crippen molar-refractivity contribution in [1.29, 1.82) is 5.26 Å². The lowest BCUT2D eigenvalue weighted by molar-refractivity contribution is 0.0645. The Labute approximate surface area is 261 Å². The third-order valence-corrected chi connectivity index (χ3v) is 8.51. The van der Waals surface area contributed by atoms with E-state index in [1.807, 2.05) is 11.0 Å². The van der Waals surface area contributed by atoms with E-state index in [-0.39, 0.29) is 35.4 Å². The van der Waals surface area contributed by atoms with Gasteiger partial charge < -0.3 is 19.7 Å². The first-order valence-corrected chi connectivity index (χ1v) is 15.0. The summed E-state index contributed by atoms with van der Waals surface area (Å²) in [5, 5.41) is 12.0. The van der Waals surface area contributed by atoms with E-state index in [0.717, 1.165) is 5.56 Å². The number of ether oxygens (including phenoxy) is 2. The van der Waals surface area contributed by atoms with Crippen LogP contribution in [0.5, 0.6) is 11.5 Å². The fourth-order valence-corrected chi connectivity index (χ4v) is 5.86. The molecule has 45 heavy (non-hydrogen) atoms. The Morgan fingerprint density at radius 3 is 2.33 bits per heavy atom. The van der Waals surface area contributed by atoms with E-state index in [2.05, 4.69) is 16.4 Å². The van der Waals surface area contributed by atoms with Crippen molar-refractivity contribution in [2.45, 2.75) is 38.0 Å². The number of pyridine rings is 1. The molecule has 2 fully saturated rings. The molecule has 0 bridgehead atoms. The monoisotopic (exact) mass is 613 g/mol. The predicted molar refractivity (Wildman–Crippen MR) is 164 cm³/mol. The molecule has 2 aliphatic rings. The van der Waals surface area contributed by atoms with Crippen LogP contribution in [0.2, 0.25) is 0 Å². The van der Waals surface area contributed by atoms with Crippen LogP contribution in [0.25, 0.3) is 0 Å². The number of rotatable bonds is 9. The molecule has 2 saturated heterocycles. The number of methoxy groups -OCH3 is 2. The van der Waals surface area contributed by atoms with Gasteiger partial charge in [0.05, 0.1) is 31.4 Å². The number of amides is 2. The summed E-state index contributed by atoms with van der Waals surface area (Å²) < 4.78 is 25.5. The summed E-state index contributed by atoms with van der Waals surface area (Å²) in [5.74, 6) is 0.371. The molecule has 11 heteroatoms. The van der Waals surface area contributed by atoms with Crippen molar-refractivity contribution in [3.63, 3.8) is 0 Å². The molecule has 0 saturated carbocycles. The molecule has 0 unspecified atom stereocenters. The second-order valence-corrected chi connectivity index (χ2v) is 11.4. The Balaban J connectivity index is 1.09. The van der Waals surface area contributed by atoms with E-state index in [1.165, 1.54) is 25.4 Å². The standard InChI is InChI=1S/C34H36FN5O5/c1-44-27-8-5-23(6-9-27)32(41)24-11-15-40(16-12-24)34(43)30-10-7-26(19-37-30)33(42)38-29-13-14-39(21-28(29)35)20-22-3-4-25(18-36)31(17-22)45-2/h3-10,17,19,24,28-29H,11-16,20-21H2,1-2H3,(H,38,42)/t28-,29-/m1/s1. The Hall–Kier alpha value is -4.82. The number of likely N-dealkylation sites (tertiary alicyclic amines) is 2. The van der Waals surface area contributed by atoms with Crippen molar-refractivity contribution < 1.29 is 28.2 Å². The van der Waals surface area contributed by atoms with Crippen molar-refractivity contribution >= 4 is 17.6 Å². The van der Waals surface area contributed by atoms with Crippen LogP contribution in [0.3, 0.4) is 0 Å². The van der Waals surface area contributed by atoms with Gasteiger partial charge in [-0.2, -0.15) is 5.26 Å². The number of carbonyl (C=O) groups excluding carboxylic acids is 3. The Bertz CT molecular complexity index is 1570. The van der Waals surface area contributed by atoms with Gasteiger partial charge in [0, 0.05) is 50.4 Å². The molecule has 2 aromatic carbocycles. The van der Waals surface area contributed by atoms with Gasteiger partial charge in [-0.1, -0.05) is 6.07 Å². The zero-order valence-electron chi connectivity index (χ0n) is 25.4. The zero-order valence-corrected chi connectivity index (χ0v) is 25.4. The largest absolute Gasteiger partial charge is 0.497 e. The highest BCUT2D eigenvalue weighted by Gasteiger charge is 2.32. The lowest BCUT2D eigenvalue weighted by atomic mass is 9.88. The fourth-order valence-electron chi connectivity index (χ4n) is 5.86. The molecule has 3 aromatic rings. The van der Waals surface area contributed by atoms with Crippen LogP contribution in [0.15, 0.2) is 60.8 Å². The minimum absolute atomic E-state index is 0.0615. The molecule has 0 aliphatic carbocycles. The van der Waals surface area contributed by atoms with Crippen molar-refractivity contribution in [2.24, 2.45) is 5.92 Å². The zero-order chi connectivity index (χ0) is 31.9. The lowest BCUT2D eigenvalue weighted by Gasteiger charge is -2.35. The molecular formula is C34H36FN5O5. The van der Waals surface area contributed by atoms with Gasteiger partial charge in [0.25, 0.3) is 11.8 Å². The minimum atomic E-state index is -1.27. The summed E-state index contributed by atoms with van der Waals surface area (Å²) in [4.78, 5) is 46.7. The molecule has 0 radical (unpaired) electrons. The highest BCUT2D eigenvalue weighted by molar-refractivity contribution is 5.99. The van der Waals surface area contributed by atoms with Crippen LogP contribution >= 0.6 is 0 Å². The Morgan fingerprint density at radius 2 is 1.71 bits per heavy atom. The van der Waals surface area contributed by atoms with Crippen LogP contribution in [0, 0.1) is 17.2 Å². The summed E-state index contributed by atoms with van der Waals surface area (Å²) in [6, 6.07) is 16.8. The Kier molecular flexibility index (Phi) is 10.0. The van der Waals surface area contributed by atoms with Crippen molar-refractivity contribution in [2.75, 3.05) is 40.4 Å². The number of hydrogen-bond acceptors (Lipinski definition) is 8. The fraction of sp³-hybridized carbons (Fsp3) is 0.382. The van der Waals surface area contributed by atoms with Crippen molar-refractivity contribution in [3.8, 4) is 17.6 Å². The normalized spacial score (nSPS) is 18.9. The molecule has 10 nitrogen and oxygen atoms in total. The number of piperidine rings is 2. The maximum Gasteiger partial charge on any atom is 0.272 e. The first-order chi connectivity index (χ1) is 21.8. The van der Waals surface area contributed by atoms with E-state index >= 15 is 4.39 Å². The molecule has 5 rings (SSSR count). The van der Waals surface area contributed by atoms with Gasteiger partial charge in [0.2, 0.25) is 0 Å². The number of nitrogens with zero attached hydrogens (tertiary/aromatic N) is 4. The predicted octanol–water partition coefficient (Wildman–Crippen LogP) is 4.05. The number of benzene rings is 2. The number of halogens is 1. The molecular weight excluding hydrogens is 577 g/mol. The highest BCUT2D eigenvalue weighted by atomic mass is 19.1. The van der Waals surface area contributed by atoms with Gasteiger partial charge in [-0.25, -0.2) is 4.39 Å². The molecule has 1 N–H and O–H groups in total. The van der Waals surface area contributed by atoms with Crippen molar-refractivity contribution in [1.82, 2.24) is 20.1 Å². The highest BCUT2D eigenvalue weighted by Crippen LogP contribution is 2.25. The minimum Gasteiger partial charge on any atom is -0.497 e. The number of nitriles is 1. The Morgan fingerprint density at radius 1 is 0.978 bits per heavy atom. The van der Waals surface area contributed by atoms with Gasteiger partial charge in [-0.3, -0.25) is 24.3 Å². The third-order valence-electron chi connectivity index (χ3n) is 8.51. The van der Waals surface area contributed by atoms with Crippen LogP contribution in [-0.4, -0.2) is 85.0 Å². The van der Waals surface area contributed by atoms with Gasteiger partial charge in [0.1, 0.15) is 29.4 Å². The average molecular weight is 614 g/mol. The summed E-state index contributed by atoms with van der Waals surface area (Å²) in [6.45, 7) is 2.11. The number of carbonyl (C=O) groups is 3. The molecule has 2 atom stereocenters. The maximum absolute atomic E-state index is 15.1. The van der Waals surface area contributed by atoms with Crippen LogP contribution in [0.1, 0.15) is 61.6 Å². The SMILES string of the molecule is COc1ccc(C(=O)C2CCN(C(=O)c3ccc(C(=O)N[C@@H]4CCN(Cc5ccc(C#N)c(OC)c5)C[C@H]4F)cn3)CC2)cc1. The van der Waals surface area contributed by atoms with E-state index < -0.39 is 18.1 Å². The van der Waals surface area contributed by atoms with Gasteiger partial charge in [-0.05, 0) is 73.4 Å². The smallest absolute Gasteiger partial charge is 0.272 e. The summed E-state index contributed by atoms with van der Waals surface area (Å²) >= 11 is 0. The first kappa shape index (κ1) is 31.6. The molecule has 2 amide bonds. The van der Waals surface area contributed by atoms with Crippen molar-refractivity contribution in [3.05, 3.63) is 88.7 Å². The quantitative estimate of drug-likeness (QED) is 0.359. The van der Waals surface area contributed by atoms with Gasteiger partial charge >= 0.3 is 0 Å². The van der Waals surface area contributed by atoms with Crippen LogP contribution < -0.4 is 14.8 Å². The number of hydrogen-bond donors (Lipinski definition) is 1. The molecule has 0 spiro atoms. The van der Waals surface area contributed by atoms with Gasteiger partial charge in [0.15, 0.2) is 5.78 Å². The molecule has 2 aliphatic heterocycles. The number of nitrogens with one attached hydrogen (secondary N) is 1. The average Bonchev–Trinajstić information content (AvgIpc) is 3.09. The molecule has 3 heterocycles. The second kappa shape index (κ2) is 14.3. The number of Topliss-reactive ketones (excluding diaryl/α,β-unsaturated/α-hetero) is 1. The van der Waals surface area contributed by atoms with E-state index in [4.69, 9.17) is 9.47 Å². The van der Waals surface area contributed by atoms with Gasteiger partial charge in [-0.15, -0.1) is 0 Å². The molecule has 1 aromatic heterocycles. The van der Waals surface area contributed by atoms with E-state index in [0.29, 0.717) is 68.1 Å². The number of ketones is 1. The van der Waals surface area contributed by atoms with E-state index in [1.54, 1.807) is 48.4 Å². The van der Waals surface area contributed by atoms with E-state index in [9.17, 15) is 19.6 Å². The number of aromatic nitrogens is 1. The molecule has 234 valence electrons. The summed E-state index contributed by atoms with van der Waals surface area (Å²) in [5.41, 5.74) is 2.44. The van der Waals surface area contributed by atoms with Crippen LogP contribution in [-0.2, 0) is 6.54 Å². The topological polar surface area (TPSA) is 125 Å². The van der Waals surface area contributed by atoms with Crippen LogP contribution in [0.4, 0.5) is 4.39 Å². The summed E-state index contributed by atoms with van der Waals surface area (Å²) in [7, 11) is 3.08. The maximum atomic E-state index is 15.1. The first-order valence-electron chi connectivity index (χ1n) is 15.0. The lowest BCUT2D eigenvalue weighted by Crippen LogP contribution is -2.52. The summed E-state index contributed by atoms with van der Waals surface area (Å²) in [6.07, 6.45) is 1.62. The third kappa shape index (κ3) is 7.46. The number of alkyl halides is 1. The second-order valence-electron chi connectivity index (χ2n) is 11.4.